The summed E-state index contributed by atoms with van der Waals surface area (Å²) in [6, 6.07) is 0. The molecule has 0 atom stereocenters. The summed E-state index contributed by atoms with van der Waals surface area (Å²) in [5.41, 5.74) is 0. The minimum atomic E-state index is 0.0409. The molecule has 1 rings (SSSR count). The predicted octanol–water partition coefficient (Wildman–Crippen LogP) is 0.751. The van der Waals surface area contributed by atoms with Gasteiger partial charge in [0.2, 0.25) is 0 Å². The maximum atomic E-state index is 10.9. The lowest BCUT2D eigenvalue weighted by atomic mass is 10.4. The van der Waals surface area contributed by atoms with Crippen LogP contribution in [0.5, 0.6) is 0 Å². The van der Waals surface area contributed by atoms with Crippen molar-refractivity contribution >= 4 is 28.5 Å². The number of carbonyl (C=O) groups is 1. The van der Waals surface area contributed by atoms with E-state index < -0.39 is 0 Å². The molecule has 0 bridgehead atoms. The maximum Gasteiger partial charge on any atom is 0.252 e. The Morgan fingerprint density at radius 3 is 3.10 bits per heavy atom. The van der Waals surface area contributed by atoms with Crippen molar-refractivity contribution in [2.24, 2.45) is 0 Å². The van der Waals surface area contributed by atoms with Crippen molar-refractivity contribution in [1.82, 2.24) is 4.90 Å². The monoisotopic (exact) mass is 253 g/mol. The maximum absolute atomic E-state index is 10.9. The summed E-state index contributed by atoms with van der Waals surface area (Å²) < 4.78 is 6.75. The Morgan fingerprint density at radius 1 is 1.70 bits per heavy atom. The van der Waals surface area contributed by atoms with Crippen LogP contribution in [0.1, 0.15) is 0 Å². The molecule has 1 aliphatic rings. The van der Waals surface area contributed by atoms with Crippen molar-refractivity contribution < 1.29 is 9.53 Å². The average molecular weight is 253 g/mol. The number of ether oxygens (including phenoxy) is 1. The Bertz CT molecular complexity index is 158. The van der Waals surface area contributed by atoms with Gasteiger partial charge in [0.15, 0.2) is 0 Å². The number of halogens is 1. The van der Waals surface area contributed by atoms with Gasteiger partial charge in [-0.05, 0) is 4.08 Å². The van der Waals surface area contributed by atoms with Crippen molar-refractivity contribution in [3.8, 4) is 0 Å². The second-order valence-corrected chi connectivity index (χ2v) is 2.63. The number of hydrogen-bond acceptors (Lipinski definition) is 2. The third-order valence-electron chi connectivity index (χ3n) is 1.26. The number of carbonyl (C=O) groups excluding carboxylic acids is 1. The van der Waals surface area contributed by atoms with Gasteiger partial charge < -0.3 is 9.64 Å². The van der Waals surface area contributed by atoms with Gasteiger partial charge in [0.05, 0.1) is 6.61 Å². The van der Waals surface area contributed by atoms with E-state index in [0.717, 1.165) is 0 Å². The highest BCUT2D eigenvalue weighted by atomic mass is 127. The fourth-order valence-corrected chi connectivity index (χ4v) is 1.14. The van der Waals surface area contributed by atoms with E-state index in [1.54, 1.807) is 11.1 Å². The van der Waals surface area contributed by atoms with Gasteiger partial charge in [-0.25, -0.2) is 0 Å². The normalized spacial score (nSPS) is 20.5. The molecule has 4 heteroatoms. The minimum absolute atomic E-state index is 0.0409. The van der Waals surface area contributed by atoms with Gasteiger partial charge in [0.1, 0.15) is 6.61 Å². The Kier molecular flexibility index (Phi) is 3.14. The number of rotatable bonds is 1. The molecular weight excluding hydrogens is 245 g/mol. The summed E-state index contributed by atoms with van der Waals surface area (Å²) in [6.45, 7) is 1.55. The number of nitrogens with zero attached hydrogens (tertiary/aromatic N) is 1. The summed E-state index contributed by atoms with van der Waals surface area (Å²) in [4.78, 5) is 12.6. The van der Waals surface area contributed by atoms with E-state index in [0.29, 0.717) is 13.2 Å². The fourth-order valence-electron chi connectivity index (χ4n) is 0.756. The molecule has 1 fully saturated rings. The molecule has 56 valence electrons. The van der Waals surface area contributed by atoms with Crippen LogP contribution in [0.15, 0.2) is 10.3 Å². The van der Waals surface area contributed by atoms with Gasteiger partial charge in [0, 0.05) is 12.7 Å². The highest BCUT2D eigenvalue weighted by Crippen LogP contribution is 2.00. The molecule has 0 aromatic heterocycles. The summed E-state index contributed by atoms with van der Waals surface area (Å²) in [7, 11) is 0. The van der Waals surface area contributed by atoms with Crippen LogP contribution >= 0.6 is 22.6 Å². The van der Waals surface area contributed by atoms with E-state index in [1.165, 1.54) is 0 Å². The zero-order valence-electron chi connectivity index (χ0n) is 5.42. The van der Waals surface area contributed by atoms with Gasteiger partial charge >= 0.3 is 0 Å². The lowest BCUT2D eigenvalue weighted by Crippen LogP contribution is -2.37. The molecule has 0 aliphatic carbocycles. The predicted molar refractivity (Wildman–Crippen MR) is 45.7 cm³/mol. The zero-order valence-corrected chi connectivity index (χ0v) is 7.58. The largest absolute Gasteiger partial charge is 0.370 e. The van der Waals surface area contributed by atoms with Gasteiger partial charge in [-0.15, -0.1) is 0 Å². The SMILES string of the molecule is O=C1COCCN1/C=C\I. The van der Waals surface area contributed by atoms with Crippen LogP contribution in [-0.2, 0) is 9.53 Å². The lowest BCUT2D eigenvalue weighted by molar-refractivity contribution is -0.139. The van der Waals surface area contributed by atoms with Gasteiger partial charge in [-0.1, -0.05) is 22.6 Å². The molecule has 0 radical (unpaired) electrons. The fraction of sp³-hybridized carbons (Fsp3) is 0.500. The van der Waals surface area contributed by atoms with Gasteiger partial charge in [0.25, 0.3) is 5.91 Å². The minimum Gasteiger partial charge on any atom is -0.370 e. The summed E-state index contributed by atoms with van der Waals surface area (Å²) >= 11 is 2.08. The second-order valence-electron chi connectivity index (χ2n) is 1.91. The Labute approximate surface area is 73.2 Å². The Balaban J connectivity index is 2.48. The van der Waals surface area contributed by atoms with Crippen LogP contribution in [0.25, 0.3) is 0 Å². The second kappa shape index (κ2) is 3.92. The first-order valence-corrected chi connectivity index (χ1v) is 4.23. The van der Waals surface area contributed by atoms with E-state index in [1.807, 2.05) is 4.08 Å². The zero-order chi connectivity index (χ0) is 7.40. The molecule has 10 heavy (non-hydrogen) atoms. The third-order valence-corrected chi connectivity index (χ3v) is 1.58. The molecule has 0 spiro atoms. The Morgan fingerprint density at radius 2 is 2.50 bits per heavy atom. The highest BCUT2D eigenvalue weighted by Gasteiger charge is 2.14. The van der Waals surface area contributed by atoms with Gasteiger partial charge in [-0.3, -0.25) is 4.79 Å². The number of morpholine rings is 1. The molecule has 1 saturated heterocycles. The third kappa shape index (κ3) is 1.95. The molecular formula is C6H8INO2. The molecule has 0 aromatic carbocycles. The topological polar surface area (TPSA) is 29.5 Å². The first-order chi connectivity index (χ1) is 4.84. The summed E-state index contributed by atoms with van der Waals surface area (Å²) in [5.74, 6) is 0.0409. The lowest BCUT2D eigenvalue weighted by Gasteiger charge is -2.22. The van der Waals surface area contributed by atoms with Crippen LogP contribution in [0.2, 0.25) is 0 Å². The molecule has 1 heterocycles. The molecule has 0 aromatic rings. The molecule has 0 unspecified atom stereocenters. The van der Waals surface area contributed by atoms with Crippen LogP contribution in [0, 0.1) is 0 Å². The highest BCUT2D eigenvalue weighted by molar-refractivity contribution is 14.1. The van der Waals surface area contributed by atoms with Crippen LogP contribution < -0.4 is 0 Å². The quantitative estimate of drug-likeness (QED) is 0.645. The van der Waals surface area contributed by atoms with Crippen molar-refractivity contribution in [3.63, 3.8) is 0 Å². The summed E-state index contributed by atoms with van der Waals surface area (Å²) in [5, 5.41) is 0. The van der Waals surface area contributed by atoms with Crippen LogP contribution in [0.4, 0.5) is 0 Å². The summed E-state index contributed by atoms with van der Waals surface area (Å²) in [6.07, 6.45) is 1.77. The van der Waals surface area contributed by atoms with E-state index in [4.69, 9.17) is 4.74 Å². The molecule has 3 nitrogen and oxygen atoms in total. The van der Waals surface area contributed by atoms with Crippen molar-refractivity contribution in [1.29, 1.82) is 0 Å². The Hall–Kier alpha value is -0.100. The van der Waals surface area contributed by atoms with Crippen molar-refractivity contribution in [2.45, 2.75) is 0 Å². The van der Waals surface area contributed by atoms with Gasteiger partial charge in [-0.2, -0.15) is 0 Å². The van der Waals surface area contributed by atoms with Crippen LogP contribution in [-0.4, -0.2) is 30.6 Å². The molecule has 1 aliphatic heterocycles. The number of hydrogen-bond donors (Lipinski definition) is 0. The molecule has 1 amide bonds. The van der Waals surface area contributed by atoms with Crippen molar-refractivity contribution in [3.05, 3.63) is 10.3 Å². The standard InChI is InChI=1S/C6H8INO2/c7-1-2-8-3-4-10-5-6(8)9/h1-2H,3-5H2/b2-1-. The van der Waals surface area contributed by atoms with E-state index in [9.17, 15) is 4.79 Å². The van der Waals surface area contributed by atoms with E-state index in [-0.39, 0.29) is 12.5 Å². The van der Waals surface area contributed by atoms with Crippen molar-refractivity contribution in [2.75, 3.05) is 19.8 Å². The molecule has 0 N–H and O–H groups in total. The number of amides is 1. The van der Waals surface area contributed by atoms with E-state index >= 15 is 0 Å². The molecule has 0 saturated carbocycles. The average Bonchev–Trinajstić information content (AvgIpc) is 1.94. The van der Waals surface area contributed by atoms with Crippen LogP contribution in [0.3, 0.4) is 0 Å². The smallest absolute Gasteiger partial charge is 0.252 e. The first kappa shape index (κ1) is 8.00. The first-order valence-electron chi connectivity index (χ1n) is 2.98. The van der Waals surface area contributed by atoms with E-state index in [2.05, 4.69) is 22.6 Å².